The van der Waals surface area contributed by atoms with Gasteiger partial charge in [0.25, 0.3) is 11.5 Å². The van der Waals surface area contributed by atoms with Crippen LogP contribution in [0.4, 0.5) is 5.69 Å². The molecule has 1 aromatic heterocycles. The number of aromatic nitrogens is 1. The molecule has 1 unspecified atom stereocenters. The van der Waals surface area contributed by atoms with E-state index in [1.807, 2.05) is 6.92 Å². The Balaban J connectivity index is 1.97. The molecule has 124 valence electrons. The average molecular weight is 326 g/mol. The molecule has 2 heterocycles. The number of fused-ring (bicyclic) bond motifs is 1. The van der Waals surface area contributed by atoms with Crippen LogP contribution in [-0.4, -0.2) is 29.9 Å². The van der Waals surface area contributed by atoms with Crippen molar-refractivity contribution < 1.29 is 14.3 Å². The van der Waals surface area contributed by atoms with E-state index in [1.165, 1.54) is 15.5 Å². The lowest BCUT2D eigenvalue weighted by atomic mass is 10.0. The molecule has 0 saturated heterocycles. The minimum absolute atomic E-state index is 0.00805. The summed E-state index contributed by atoms with van der Waals surface area (Å²) in [5.74, 6) is 0.195. The van der Waals surface area contributed by atoms with Crippen molar-refractivity contribution in [3.8, 4) is 5.75 Å². The van der Waals surface area contributed by atoms with E-state index in [4.69, 9.17) is 4.74 Å². The molecule has 1 amide bonds. The van der Waals surface area contributed by atoms with Gasteiger partial charge in [-0.05, 0) is 37.6 Å². The van der Waals surface area contributed by atoms with Crippen molar-refractivity contribution in [3.05, 3.63) is 58.0 Å². The van der Waals surface area contributed by atoms with Crippen molar-refractivity contribution in [2.24, 2.45) is 0 Å². The highest BCUT2D eigenvalue weighted by molar-refractivity contribution is 6.03. The molecule has 0 N–H and O–H groups in total. The number of ketones is 1. The summed E-state index contributed by atoms with van der Waals surface area (Å²) in [5, 5.41) is 0. The lowest BCUT2D eigenvalue weighted by Crippen LogP contribution is -2.35. The summed E-state index contributed by atoms with van der Waals surface area (Å²) >= 11 is 0. The third-order valence-electron chi connectivity index (χ3n) is 4.21. The Labute approximate surface area is 139 Å². The van der Waals surface area contributed by atoms with Crippen LogP contribution in [0.5, 0.6) is 5.75 Å². The van der Waals surface area contributed by atoms with Crippen molar-refractivity contribution in [1.82, 2.24) is 4.57 Å². The maximum Gasteiger partial charge on any atom is 0.264 e. The van der Waals surface area contributed by atoms with Crippen LogP contribution in [0.15, 0.2) is 41.3 Å². The van der Waals surface area contributed by atoms with Crippen molar-refractivity contribution in [3.63, 3.8) is 0 Å². The molecule has 6 nitrogen and oxygen atoms in total. The number of carbonyl (C=O) groups is 2. The molecule has 0 fully saturated rings. The quantitative estimate of drug-likeness (QED) is 0.809. The number of benzene rings is 1. The summed E-state index contributed by atoms with van der Waals surface area (Å²) in [5.41, 5.74) is 1.66. The first-order valence-corrected chi connectivity index (χ1v) is 7.65. The van der Waals surface area contributed by atoms with Crippen LogP contribution in [0.3, 0.4) is 0 Å². The van der Waals surface area contributed by atoms with Crippen LogP contribution < -0.4 is 15.2 Å². The molecule has 2 aromatic rings. The minimum Gasteiger partial charge on any atom is -0.482 e. The normalized spacial score (nSPS) is 14.8. The van der Waals surface area contributed by atoms with Crippen LogP contribution >= 0.6 is 0 Å². The van der Waals surface area contributed by atoms with E-state index in [9.17, 15) is 14.4 Å². The zero-order valence-electron chi connectivity index (χ0n) is 13.8. The summed E-state index contributed by atoms with van der Waals surface area (Å²) in [6.07, 6.45) is 1.67. The molecule has 1 aliphatic rings. The van der Waals surface area contributed by atoms with Crippen LogP contribution in [0.2, 0.25) is 0 Å². The van der Waals surface area contributed by atoms with E-state index < -0.39 is 6.04 Å². The lowest BCUT2D eigenvalue weighted by Gasteiger charge is -2.26. The van der Waals surface area contributed by atoms with E-state index in [0.717, 1.165) is 5.56 Å². The summed E-state index contributed by atoms with van der Waals surface area (Å²) in [7, 11) is 1.65. The zero-order valence-corrected chi connectivity index (χ0v) is 13.8. The van der Waals surface area contributed by atoms with Crippen molar-refractivity contribution >= 4 is 17.4 Å². The Bertz CT molecular complexity index is 885. The van der Waals surface area contributed by atoms with Crippen LogP contribution in [0.25, 0.3) is 0 Å². The van der Waals surface area contributed by atoms with Crippen molar-refractivity contribution in [1.29, 1.82) is 0 Å². The number of rotatable bonds is 3. The maximum atomic E-state index is 12.8. The van der Waals surface area contributed by atoms with Gasteiger partial charge in [0.2, 0.25) is 0 Å². The first-order valence-electron chi connectivity index (χ1n) is 7.65. The first kappa shape index (κ1) is 16.0. The standard InChI is InChI=1S/C18H18N2O4/c1-11-4-7-16(21)20(9-11)12(2)18(23)13-5-6-15-14(8-13)19(3)17(22)10-24-15/h4-9,12H,10H2,1-3H3. The predicted octanol–water partition coefficient (Wildman–Crippen LogP) is 1.96. The highest BCUT2D eigenvalue weighted by atomic mass is 16.5. The number of aryl methyl sites for hydroxylation is 1. The van der Waals surface area contributed by atoms with Gasteiger partial charge in [-0.25, -0.2) is 0 Å². The third kappa shape index (κ3) is 2.71. The number of hydrogen-bond donors (Lipinski definition) is 0. The van der Waals surface area contributed by atoms with E-state index in [2.05, 4.69) is 0 Å². The number of carbonyl (C=O) groups excluding carboxylic acids is 2. The second kappa shape index (κ2) is 5.96. The Morgan fingerprint density at radius 1 is 1.21 bits per heavy atom. The SMILES string of the molecule is Cc1ccc(=O)n(C(C)C(=O)c2ccc3c(c2)N(C)C(=O)CO3)c1. The molecule has 0 spiro atoms. The van der Waals surface area contributed by atoms with Crippen LogP contribution in [-0.2, 0) is 4.79 Å². The molecular weight excluding hydrogens is 308 g/mol. The number of nitrogens with zero attached hydrogens (tertiary/aromatic N) is 2. The predicted molar refractivity (Wildman–Crippen MR) is 89.8 cm³/mol. The number of ether oxygens (including phenoxy) is 1. The van der Waals surface area contributed by atoms with Gasteiger partial charge in [0, 0.05) is 24.9 Å². The summed E-state index contributed by atoms with van der Waals surface area (Å²) in [6.45, 7) is 3.55. The van der Waals surface area contributed by atoms with Gasteiger partial charge in [-0.2, -0.15) is 0 Å². The number of Topliss-reactive ketones (excluding diaryl/α,β-unsaturated/α-hetero) is 1. The molecule has 3 rings (SSSR count). The number of likely N-dealkylation sites (N-methyl/N-ethyl adjacent to an activating group) is 1. The fraction of sp³-hybridized carbons (Fsp3) is 0.278. The van der Waals surface area contributed by atoms with E-state index in [-0.39, 0.29) is 23.9 Å². The summed E-state index contributed by atoms with van der Waals surface area (Å²) in [4.78, 5) is 38.0. The second-order valence-electron chi connectivity index (χ2n) is 5.92. The lowest BCUT2D eigenvalue weighted by molar-refractivity contribution is -0.120. The number of pyridine rings is 1. The molecule has 1 aliphatic heterocycles. The monoisotopic (exact) mass is 326 g/mol. The van der Waals surface area contributed by atoms with E-state index >= 15 is 0 Å². The van der Waals surface area contributed by atoms with Crippen molar-refractivity contribution in [2.45, 2.75) is 19.9 Å². The molecule has 24 heavy (non-hydrogen) atoms. The molecule has 1 aromatic carbocycles. The van der Waals surface area contributed by atoms with Gasteiger partial charge < -0.3 is 14.2 Å². The molecule has 0 bridgehead atoms. The largest absolute Gasteiger partial charge is 0.482 e. The van der Waals surface area contributed by atoms with Gasteiger partial charge in [-0.15, -0.1) is 0 Å². The van der Waals surface area contributed by atoms with Gasteiger partial charge in [-0.3, -0.25) is 14.4 Å². The van der Waals surface area contributed by atoms with Gasteiger partial charge in [0.15, 0.2) is 12.4 Å². The molecule has 0 aliphatic carbocycles. The molecule has 6 heteroatoms. The highest BCUT2D eigenvalue weighted by Crippen LogP contribution is 2.32. The Morgan fingerprint density at radius 2 is 1.96 bits per heavy atom. The van der Waals surface area contributed by atoms with E-state index in [0.29, 0.717) is 17.0 Å². The first-order chi connectivity index (χ1) is 11.4. The minimum atomic E-state index is -0.638. The topological polar surface area (TPSA) is 68.6 Å². The maximum absolute atomic E-state index is 12.8. The zero-order chi connectivity index (χ0) is 17.4. The third-order valence-corrected chi connectivity index (χ3v) is 4.21. The van der Waals surface area contributed by atoms with Gasteiger partial charge >= 0.3 is 0 Å². The molecule has 0 radical (unpaired) electrons. The van der Waals surface area contributed by atoms with Crippen LogP contribution in [0.1, 0.15) is 28.9 Å². The summed E-state index contributed by atoms with van der Waals surface area (Å²) < 4.78 is 6.78. The summed E-state index contributed by atoms with van der Waals surface area (Å²) in [6, 6.07) is 7.49. The fourth-order valence-corrected chi connectivity index (χ4v) is 2.71. The van der Waals surface area contributed by atoms with Gasteiger partial charge in [0.05, 0.1) is 11.7 Å². The van der Waals surface area contributed by atoms with E-state index in [1.54, 1.807) is 44.4 Å². The number of anilines is 1. The van der Waals surface area contributed by atoms with Gasteiger partial charge in [0.1, 0.15) is 5.75 Å². The van der Waals surface area contributed by atoms with Gasteiger partial charge in [-0.1, -0.05) is 6.07 Å². The Kier molecular flexibility index (Phi) is 3.97. The molecule has 1 atom stereocenters. The Hall–Kier alpha value is -2.89. The fourth-order valence-electron chi connectivity index (χ4n) is 2.71. The smallest absolute Gasteiger partial charge is 0.264 e. The Morgan fingerprint density at radius 3 is 2.71 bits per heavy atom. The molecule has 0 saturated carbocycles. The van der Waals surface area contributed by atoms with Crippen LogP contribution in [0, 0.1) is 6.92 Å². The number of hydrogen-bond acceptors (Lipinski definition) is 4. The second-order valence-corrected chi connectivity index (χ2v) is 5.92. The molecular formula is C18H18N2O4. The average Bonchev–Trinajstić information content (AvgIpc) is 2.59. The van der Waals surface area contributed by atoms with Crippen molar-refractivity contribution in [2.75, 3.05) is 18.6 Å². The number of amides is 1. The highest BCUT2D eigenvalue weighted by Gasteiger charge is 2.25.